The van der Waals surface area contributed by atoms with Crippen LogP contribution in [0.2, 0.25) is 0 Å². The lowest BCUT2D eigenvalue weighted by Crippen LogP contribution is -2.35. The van der Waals surface area contributed by atoms with E-state index in [2.05, 4.69) is 12.1 Å². The molecule has 3 atom stereocenters. The molecule has 0 bridgehead atoms. The number of rotatable bonds is 8. The summed E-state index contributed by atoms with van der Waals surface area (Å²) in [5, 5.41) is 0. The van der Waals surface area contributed by atoms with E-state index < -0.39 is 12.1 Å². The molecule has 0 spiro atoms. The molecular formula is C18H24O4. The van der Waals surface area contributed by atoms with Gasteiger partial charge in [0.25, 0.3) is 6.47 Å². The predicted molar refractivity (Wildman–Crippen MR) is 83.3 cm³/mol. The van der Waals surface area contributed by atoms with E-state index in [1.165, 1.54) is 5.56 Å². The average Bonchev–Trinajstić information content (AvgIpc) is 3.02. The highest BCUT2D eigenvalue weighted by atomic mass is 16.6. The first-order valence-corrected chi connectivity index (χ1v) is 8.08. The molecule has 2 rings (SSSR count). The zero-order valence-corrected chi connectivity index (χ0v) is 13.1. The van der Waals surface area contributed by atoms with Crippen LogP contribution in [0.4, 0.5) is 0 Å². The number of carbonyl (C=O) groups is 2. The summed E-state index contributed by atoms with van der Waals surface area (Å²) in [6.45, 7) is 2.79. The van der Waals surface area contributed by atoms with Crippen LogP contribution >= 0.6 is 0 Å². The molecule has 3 unspecified atom stereocenters. The van der Waals surface area contributed by atoms with Crippen LogP contribution in [-0.4, -0.2) is 25.2 Å². The zero-order valence-electron chi connectivity index (χ0n) is 13.1. The van der Waals surface area contributed by atoms with Crippen molar-refractivity contribution < 1.29 is 19.1 Å². The molecule has 1 fully saturated rings. The fourth-order valence-corrected chi connectivity index (χ4v) is 3.26. The predicted octanol–water partition coefficient (Wildman–Crippen LogP) is 3.46. The van der Waals surface area contributed by atoms with Crippen molar-refractivity contribution in [3.05, 3.63) is 35.9 Å². The maximum Gasteiger partial charge on any atom is 0.347 e. The molecule has 4 heteroatoms. The smallest absolute Gasteiger partial charge is 0.347 e. The third-order valence-electron chi connectivity index (χ3n) is 4.36. The van der Waals surface area contributed by atoms with Crippen LogP contribution in [0.1, 0.15) is 50.5 Å². The van der Waals surface area contributed by atoms with E-state index >= 15 is 0 Å². The molecule has 0 heterocycles. The van der Waals surface area contributed by atoms with E-state index in [1.807, 2.05) is 25.1 Å². The van der Waals surface area contributed by atoms with Gasteiger partial charge in [0.15, 0.2) is 0 Å². The fraction of sp³-hybridized carbons (Fsp3) is 0.556. The van der Waals surface area contributed by atoms with Crippen LogP contribution in [0.25, 0.3) is 0 Å². The first-order chi connectivity index (χ1) is 10.8. The number of benzene rings is 1. The lowest BCUT2D eigenvalue weighted by Gasteiger charge is -2.26. The van der Waals surface area contributed by atoms with Gasteiger partial charge in [0.05, 0.1) is 6.61 Å². The second kappa shape index (κ2) is 8.57. The van der Waals surface area contributed by atoms with Gasteiger partial charge in [-0.25, -0.2) is 4.79 Å². The molecule has 4 nitrogen and oxygen atoms in total. The van der Waals surface area contributed by atoms with Crippen molar-refractivity contribution in [2.75, 3.05) is 6.61 Å². The molecule has 1 aromatic carbocycles. The van der Waals surface area contributed by atoms with Gasteiger partial charge in [-0.2, -0.15) is 0 Å². The second-order valence-electron chi connectivity index (χ2n) is 5.79. The summed E-state index contributed by atoms with van der Waals surface area (Å²) in [6, 6.07) is 10.1. The summed E-state index contributed by atoms with van der Waals surface area (Å²) >= 11 is 0. The Labute approximate surface area is 131 Å². The molecule has 22 heavy (non-hydrogen) atoms. The van der Waals surface area contributed by atoms with Gasteiger partial charge in [-0.15, -0.1) is 0 Å². The molecule has 0 aliphatic heterocycles. The lowest BCUT2D eigenvalue weighted by molar-refractivity contribution is -0.165. The van der Waals surface area contributed by atoms with Gasteiger partial charge < -0.3 is 9.47 Å². The van der Waals surface area contributed by atoms with Crippen LogP contribution in [0.3, 0.4) is 0 Å². The first-order valence-electron chi connectivity index (χ1n) is 8.08. The molecule has 0 saturated heterocycles. The first kappa shape index (κ1) is 16.5. The molecule has 0 aromatic heterocycles. The van der Waals surface area contributed by atoms with Crippen molar-refractivity contribution in [1.82, 2.24) is 0 Å². The van der Waals surface area contributed by atoms with Crippen LogP contribution in [0.5, 0.6) is 0 Å². The Bertz CT molecular complexity index is 471. The molecule has 1 aliphatic rings. The topological polar surface area (TPSA) is 52.6 Å². The Morgan fingerprint density at radius 3 is 2.77 bits per heavy atom. The van der Waals surface area contributed by atoms with Gasteiger partial charge in [-0.05, 0) is 30.7 Å². The molecule has 120 valence electrons. The number of hydrogen-bond donors (Lipinski definition) is 0. The third kappa shape index (κ3) is 4.09. The Hall–Kier alpha value is -1.84. The van der Waals surface area contributed by atoms with Crippen LogP contribution in [0.15, 0.2) is 30.3 Å². The van der Waals surface area contributed by atoms with E-state index in [0.717, 1.165) is 32.1 Å². The standard InChI is InChI=1S/C18H24O4/c1-2-3-12-21-18(20)17(22-13-19)16-11-7-10-15(16)14-8-5-4-6-9-14/h4-6,8-9,13,15-17H,2-3,7,10-12H2,1H3. The highest BCUT2D eigenvalue weighted by molar-refractivity contribution is 5.76. The quantitative estimate of drug-likeness (QED) is 0.419. The van der Waals surface area contributed by atoms with Crippen LogP contribution < -0.4 is 0 Å². The van der Waals surface area contributed by atoms with E-state index in [-0.39, 0.29) is 11.8 Å². The number of ether oxygens (including phenoxy) is 2. The molecule has 0 amide bonds. The number of hydrogen-bond acceptors (Lipinski definition) is 4. The van der Waals surface area contributed by atoms with E-state index in [1.54, 1.807) is 0 Å². The molecule has 1 aromatic rings. The fourth-order valence-electron chi connectivity index (χ4n) is 3.26. The second-order valence-corrected chi connectivity index (χ2v) is 5.79. The van der Waals surface area contributed by atoms with Crippen molar-refractivity contribution >= 4 is 12.4 Å². The lowest BCUT2D eigenvalue weighted by atomic mass is 9.85. The minimum absolute atomic E-state index is 0.00160. The van der Waals surface area contributed by atoms with Crippen LogP contribution in [0, 0.1) is 5.92 Å². The molecule has 0 N–H and O–H groups in total. The van der Waals surface area contributed by atoms with Gasteiger partial charge in [-0.1, -0.05) is 50.1 Å². The van der Waals surface area contributed by atoms with Gasteiger partial charge in [0, 0.05) is 5.92 Å². The van der Waals surface area contributed by atoms with Crippen molar-refractivity contribution in [3.63, 3.8) is 0 Å². The molecule has 1 aliphatic carbocycles. The van der Waals surface area contributed by atoms with E-state index in [4.69, 9.17) is 9.47 Å². The Kier molecular flexibility index (Phi) is 6.44. The van der Waals surface area contributed by atoms with Gasteiger partial charge >= 0.3 is 5.97 Å². The van der Waals surface area contributed by atoms with Gasteiger partial charge in [-0.3, -0.25) is 4.79 Å². The summed E-state index contributed by atoms with van der Waals surface area (Å²) in [7, 11) is 0. The van der Waals surface area contributed by atoms with Crippen LogP contribution in [-0.2, 0) is 19.1 Å². The van der Waals surface area contributed by atoms with Gasteiger partial charge in [0.1, 0.15) is 0 Å². The highest BCUT2D eigenvalue weighted by Gasteiger charge is 2.40. The largest absolute Gasteiger partial charge is 0.463 e. The number of carbonyl (C=O) groups excluding carboxylic acids is 2. The Morgan fingerprint density at radius 2 is 2.09 bits per heavy atom. The summed E-state index contributed by atoms with van der Waals surface area (Å²) in [6.07, 6.45) is 3.92. The minimum Gasteiger partial charge on any atom is -0.463 e. The number of unbranched alkanes of at least 4 members (excludes halogenated alkanes) is 1. The maximum absolute atomic E-state index is 12.3. The zero-order chi connectivity index (χ0) is 15.8. The third-order valence-corrected chi connectivity index (χ3v) is 4.36. The van der Waals surface area contributed by atoms with E-state index in [9.17, 15) is 9.59 Å². The molecule has 1 saturated carbocycles. The Morgan fingerprint density at radius 1 is 1.32 bits per heavy atom. The van der Waals surface area contributed by atoms with Crippen molar-refractivity contribution in [2.24, 2.45) is 5.92 Å². The normalized spacial score (nSPS) is 22.0. The minimum atomic E-state index is -0.790. The highest BCUT2D eigenvalue weighted by Crippen LogP contribution is 2.42. The van der Waals surface area contributed by atoms with E-state index in [0.29, 0.717) is 13.1 Å². The van der Waals surface area contributed by atoms with Gasteiger partial charge in [0.2, 0.25) is 6.10 Å². The Balaban J connectivity index is 2.09. The summed E-state index contributed by atoms with van der Waals surface area (Å²) in [4.78, 5) is 23.1. The average molecular weight is 304 g/mol. The van der Waals surface area contributed by atoms with Crippen molar-refractivity contribution in [3.8, 4) is 0 Å². The van der Waals surface area contributed by atoms with Crippen molar-refractivity contribution in [2.45, 2.75) is 51.0 Å². The molecule has 0 radical (unpaired) electrons. The summed E-state index contributed by atoms with van der Waals surface area (Å²) in [5.74, 6) is -0.167. The molecular weight excluding hydrogens is 280 g/mol. The SMILES string of the molecule is CCCCOC(=O)C(OC=O)C1CCCC1c1ccccc1. The number of esters is 1. The maximum atomic E-state index is 12.3. The van der Waals surface area contributed by atoms with Crippen molar-refractivity contribution in [1.29, 1.82) is 0 Å². The summed E-state index contributed by atoms with van der Waals surface area (Å²) in [5.41, 5.74) is 1.20. The monoisotopic (exact) mass is 304 g/mol. The summed E-state index contributed by atoms with van der Waals surface area (Å²) < 4.78 is 10.4.